The summed E-state index contributed by atoms with van der Waals surface area (Å²) in [6.45, 7) is 2.16. The molecular weight excluding hydrogens is 249 g/mol. The lowest BCUT2D eigenvalue weighted by molar-refractivity contribution is 0.626. The van der Waals surface area contributed by atoms with E-state index in [1.165, 1.54) is 12.8 Å². The van der Waals surface area contributed by atoms with Crippen LogP contribution in [-0.4, -0.2) is 0 Å². The molecule has 0 saturated heterocycles. The van der Waals surface area contributed by atoms with Crippen molar-refractivity contribution in [3.05, 3.63) is 59.4 Å². The topological polar surface area (TPSA) is 23.8 Å². The fourth-order valence-electron chi connectivity index (χ4n) is 2.25. The second-order valence-electron chi connectivity index (χ2n) is 4.96. The normalized spacial score (nSPS) is 10.2. The average molecular weight is 267 g/mol. The number of hydrogen-bond donors (Lipinski definition) is 0. The lowest BCUT2D eigenvalue weighted by Gasteiger charge is -2.07. The summed E-state index contributed by atoms with van der Waals surface area (Å²) in [4.78, 5) is 0. The summed E-state index contributed by atoms with van der Waals surface area (Å²) in [5, 5.41) is 8.77. The van der Waals surface area contributed by atoms with Crippen LogP contribution in [-0.2, 0) is 6.42 Å². The summed E-state index contributed by atoms with van der Waals surface area (Å²) in [6.07, 6.45) is 4.38. The molecular formula is C18H18FN. The molecule has 2 aromatic rings. The number of halogens is 1. The molecule has 1 nitrogen and oxygen atoms in total. The first kappa shape index (κ1) is 14.3. The van der Waals surface area contributed by atoms with Crippen molar-refractivity contribution in [3.63, 3.8) is 0 Å². The lowest BCUT2D eigenvalue weighted by Crippen LogP contribution is -1.90. The molecule has 0 aliphatic rings. The highest BCUT2D eigenvalue weighted by Gasteiger charge is 2.06. The van der Waals surface area contributed by atoms with E-state index in [1.54, 1.807) is 30.3 Å². The van der Waals surface area contributed by atoms with Gasteiger partial charge in [-0.25, -0.2) is 4.39 Å². The number of unbranched alkanes of at least 4 members (excludes halogenated alkanes) is 2. The Morgan fingerprint density at radius 3 is 2.40 bits per heavy atom. The van der Waals surface area contributed by atoms with E-state index < -0.39 is 0 Å². The second kappa shape index (κ2) is 6.86. The van der Waals surface area contributed by atoms with Crippen LogP contribution >= 0.6 is 0 Å². The Morgan fingerprint density at radius 1 is 1.05 bits per heavy atom. The van der Waals surface area contributed by atoms with Crippen molar-refractivity contribution in [1.29, 1.82) is 5.26 Å². The summed E-state index contributed by atoms with van der Waals surface area (Å²) in [5.74, 6) is -0.191. The number of hydrogen-bond acceptors (Lipinski definition) is 1. The maximum atomic E-state index is 14.2. The molecule has 0 atom stereocenters. The molecule has 20 heavy (non-hydrogen) atoms. The van der Waals surface area contributed by atoms with Gasteiger partial charge in [0.2, 0.25) is 0 Å². The minimum atomic E-state index is -0.191. The van der Waals surface area contributed by atoms with E-state index in [2.05, 4.69) is 13.0 Å². The van der Waals surface area contributed by atoms with Gasteiger partial charge in [-0.05, 0) is 42.2 Å². The van der Waals surface area contributed by atoms with Crippen molar-refractivity contribution < 1.29 is 4.39 Å². The molecule has 0 N–H and O–H groups in total. The molecule has 0 aliphatic heterocycles. The van der Waals surface area contributed by atoms with Gasteiger partial charge in [-0.3, -0.25) is 0 Å². The van der Waals surface area contributed by atoms with Crippen LogP contribution in [0.25, 0.3) is 11.1 Å². The minimum absolute atomic E-state index is 0.191. The van der Waals surface area contributed by atoms with Crippen LogP contribution < -0.4 is 0 Å². The van der Waals surface area contributed by atoms with Gasteiger partial charge in [-0.15, -0.1) is 0 Å². The maximum absolute atomic E-state index is 14.2. The van der Waals surface area contributed by atoms with Crippen LogP contribution in [0.1, 0.15) is 37.3 Å². The van der Waals surface area contributed by atoms with Crippen LogP contribution in [0.4, 0.5) is 4.39 Å². The van der Waals surface area contributed by atoms with Gasteiger partial charge in [0.05, 0.1) is 11.6 Å². The number of benzene rings is 2. The predicted octanol–water partition coefficient (Wildman–Crippen LogP) is 5.10. The molecule has 0 radical (unpaired) electrons. The van der Waals surface area contributed by atoms with Gasteiger partial charge in [0.1, 0.15) is 5.82 Å². The minimum Gasteiger partial charge on any atom is -0.206 e. The van der Waals surface area contributed by atoms with Crippen molar-refractivity contribution in [1.82, 2.24) is 0 Å². The number of rotatable bonds is 5. The van der Waals surface area contributed by atoms with Gasteiger partial charge in [0.15, 0.2) is 0 Å². The first-order valence-corrected chi connectivity index (χ1v) is 7.03. The highest BCUT2D eigenvalue weighted by Crippen LogP contribution is 2.24. The number of aryl methyl sites for hydroxylation is 1. The summed E-state index contributed by atoms with van der Waals surface area (Å²) < 4.78 is 14.2. The molecule has 0 saturated carbocycles. The van der Waals surface area contributed by atoms with E-state index in [9.17, 15) is 4.39 Å². The molecule has 102 valence electrons. The standard InChI is InChI=1S/C18H18FN/c1-2-3-4-5-14-8-11-17(18(19)12-14)16-9-6-15(13-20)7-10-16/h6-12H,2-5H2,1H3. The molecule has 0 spiro atoms. The highest BCUT2D eigenvalue weighted by atomic mass is 19.1. The summed E-state index contributed by atoms with van der Waals surface area (Å²) in [6, 6.07) is 14.5. The SMILES string of the molecule is CCCCCc1ccc(-c2ccc(C#N)cc2)c(F)c1. The van der Waals surface area contributed by atoms with E-state index in [0.717, 1.165) is 24.0 Å². The second-order valence-corrected chi connectivity index (χ2v) is 4.96. The Labute approximate surface area is 119 Å². The highest BCUT2D eigenvalue weighted by molar-refractivity contribution is 5.65. The van der Waals surface area contributed by atoms with E-state index in [1.807, 2.05) is 12.1 Å². The van der Waals surface area contributed by atoms with Gasteiger partial charge in [-0.1, -0.05) is 44.0 Å². The third-order valence-electron chi connectivity index (χ3n) is 3.43. The zero-order valence-electron chi connectivity index (χ0n) is 11.7. The quantitative estimate of drug-likeness (QED) is 0.692. The van der Waals surface area contributed by atoms with Crippen molar-refractivity contribution in [2.24, 2.45) is 0 Å². The molecule has 0 aromatic heterocycles. The van der Waals surface area contributed by atoms with E-state index >= 15 is 0 Å². The van der Waals surface area contributed by atoms with E-state index in [4.69, 9.17) is 5.26 Å². The third kappa shape index (κ3) is 3.45. The van der Waals surface area contributed by atoms with Crippen molar-refractivity contribution in [2.75, 3.05) is 0 Å². The Bertz CT molecular complexity index is 608. The fraction of sp³-hybridized carbons (Fsp3) is 0.278. The molecule has 0 amide bonds. The Kier molecular flexibility index (Phi) is 4.90. The van der Waals surface area contributed by atoms with Gasteiger partial charge >= 0.3 is 0 Å². The maximum Gasteiger partial charge on any atom is 0.131 e. The molecule has 0 unspecified atom stereocenters. The van der Waals surface area contributed by atoms with Crippen molar-refractivity contribution in [3.8, 4) is 17.2 Å². The predicted molar refractivity (Wildman–Crippen MR) is 79.8 cm³/mol. The molecule has 0 aliphatic carbocycles. The van der Waals surface area contributed by atoms with Gasteiger partial charge in [0, 0.05) is 5.56 Å². The zero-order valence-corrected chi connectivity index (χ0v) is 11.7. The summed E-state index contributed by atoms with van der Waals surface area (Å²) in [5.41, 5.74) is 3.04. The molecule has 0 heterocycles. The molecule has 0 fully saturated rings. The monoisotopic (exact) mass is 267 g/mol. The Morgan fingerprint density at radius 2 is 1.80 bits per heavy atom. The zero-order chi connectivity index (χ0) is 14.4. The van der Waals surface area contributed by atoms with Crippen LogP contribution in [0.15, 0.2) is 42.5 Å². The van der Waals surface area contributed by atoms with Crippen LogP contribution in [0.2, 0.25) is 0 Å². The van der Waals surface area contributed by atoms with E-state index in [0.29, 0.717) is 11.1 Å². The molecule has 2 aromatic carbocycles. The summed E-state index contributed by atoms with van der Waals surface area (Å²) in [7, 11) is 0. The van der Waals surface area contributed by atoms with Crippen LogP contribution in [0.5, 0.6) is 0 Å². The largest absolute Gasteiger partial charge is 0.206 e. The van der Waals surface area contributed by atoms with Crippen LogP contribution in [0.3, 0.4) is 0 Å². The lowest BCUT2D eigenvalue weighted by atomic mass is 10.00. The van der Waals surface area contributed by atoms with Gasteiger partial charge < -0.3 is 0 Å². The third-order valence-corrected chi connectivity index (χ3v) is 3.43. The van der Waals surface area contributed by atoms with Crippen molar-refractivity contribution in [2.45, 2.75) is 32.6 Å². The Hall–Kier alpha value is -2.14. The first-order valence-electron chi connectivity index (χ1n) is 7.03. The number of nitriles is 1. The fourth-order valence-corrected chi connectivity index (χ4v) is 2.25. The molecule has 2 heteroatoms. The average Bonchev–Trinajstić information content (AvgIpc) is 2.48. The Balaban J connectivity index is 2.18. The van der Waals surface area contributed by atoms with Gasteiger partial charge in [0.25, 0.3) is 0 Å². The first-order chi connectivity index (χ1) is 9.74. The van der Waals surface area contributed by atoms with Gasteiger partial charge in [-0.2, -0.15) is 5.26 Å². The molecule has 2 rings (SSSR count). The van der Waals surface area contributed by atoms with E-state index in [-0.39, 0.29) is 5.82 Å². The van der Waals surface area contributed by atoms with Crippen LogP contribution in [0, 0.1) is 17.1 Å². The smallest absolute Gasteiger partial charge is 0.131 e. The van der Waals surface area contributed by atoms with Crippen molar-refractivity contribution >= 4 is 0 Å². The number of nitrogens with zero attached hydrogens (tertiary/aromatic N) is 1. The summed E-state index contributed by atoms with van der Waals surface area (Å²) >= 11 is 0. The molecule has 0 bridgehead atoms.